The molecule has 0 bridgehead atoms. The average Bonchev–Trinajstić information content (AvgIpc) is 1.58. The predicted molar refractivity (Wildman–Crippen MR) is 514 cm³/mol. The fourth-order valence-corrected chi connectivity index (χ4v) is 16.7. The molecule has 0 aliphatic heterocycles. The number of furan rings is 3. The van der Waals surface area contributed by atoms with Crippen LogP contribution in [-0.4, -0.2) is 0 Å². The normalized spacial score (nSPS) is 11.9. The number of hydrogen-bond acceptors (Lipinski definition) is 6. The van der Waals surface area contributed by atoms with Gasteiger partial charge < -0.3 is 29.2 Å². The second-order valence-corrected chi connectivity index (χ2v) is 30.5. The standard InChI is InChI=1S/C42H29NO.C38H25NO.C36H25NO/c1-2-8-29(9-3-1)32-10-6-11-33(26-32)30-16-21-37(22-17-30)43-38-23-18-31(19-24-38)34-12-7-13-35(27-34)36-20-25-40-39-14-4-5-15-41(39)44-42(40)28-36;1-2-10-30-25(8-1)9-7-14-31(30)26-16-20-28(21-17-26)39-29-22-18-27(19-23-29)35-24-36-33-12-5-6-15-37(33)40-38(36)34-13-4-3-11-32(34)35;1-2-7-25(8-3-1)26-13-18-31(19-14-26)37-32-20-15-27(16-21-32)28-9-6-10-29(23-28)30-17-22-36-34(24-30)33-11-4-5-12-35(33)38-36/h1-28,43H;1-24,39H;1-24,37H/i;;1D,2D,3D,7D,8D. The first-order valence-electron chi connectivity index (χ1n) is 43.5. The fourth-order valence-electron chi connectivity index (χ4n) is 16.7. The molecule has 3 N–H and O–H groups in total. The number of nitrogens with one attached hydrogen (secondary N) is 3. The Kier molecular flexibility index (Phi) is 18.2. The maximum atomic E-state index is 8.22. The van der Waals surface area contributed by atoms with Gasteiger partial charge in [0.25, 0.3) is 0 Å². The van der Waals surface area contributed by atoms with Crippen molar-refractivity contribution in [1.82, 2.24) is 0 Å². The molecule has 23 aromatic rings. The van der Waals surface area contributed by atoms with Gasteiger partial charge in [-0.1, -0.05) is 321 Å². The van der Waals surface area contributed by atoms with Crippen molar-refractivity contribution in [1.29, 1.82) is 0 Å². The SMILES string of the molecule is [2H]c1c([2H])c([2H])c(-c2ccc(Nc3ccc(-c4cccc(-c5ccc6oc7ccccc7c6c5)c4)cc3)cc2)c([2H])c1[2H].c1ccc(-c2cccc(-c3ccc(Nc4ccc(-c5cccc(-c6ccc7c(c6)oc6ccccc67)c5)cc4)cc3)c2)cc1.c1ccc2c(-c3ccc(Nc4ccc(-c5cc6c7ccccc7oc6c6ccccc56)cc4)cc3)cccc2c1. The largest absolute Gasteiger partial charge is 0.456 e. The Morgan fingerprint density at radius 1 is 0.164 bits per heavy atom. The Labute approximate surface area is 714 Å². The molecular weight excluding hydrogens is 1480 g/mol. The van der Waals surface area contributed by atoms with Crippen molar-refractivity contribution >= 4 is 121 Å². The monoisotopic (exact) mass is 1570 g/mol. The lowest BCUT2D eigenvalue weighted by atomic mass is 9.95. The highest BCUT2D eigenvalue weighted by Crippen LogP contribution is 2.43. The molecule has 0 fully saturated rings. The first kappa shape index (κ1) is 67.8. The lowest BCUT2D eigenvalue weighted by Crippen LogP contribution is -1.91. The van der Waals surface area contributed by atoms with E-state index in [-0.39, 0.29) is 29.7 Å². The Bertz CT molecular complexity index is 8030. The van der Waals surface area contributed by atoms with Crippen LogP contribution in [0.1, 0.15) is 6.85 Å². The van der Waals surface area contributed by atoms with Gasteiger partial charge >= 0.3 is 0 Å². The summed E-state index contributed by atoms with van der Waals surface area (Å²) in [6.07, 6.45) is 0. The molecular formula is C116H79N3O3. The highest BCUT2D eigenvalue weighted by Gasteiger charge is 2.18. The van der Waals surface area contributed by atoms with Gasteiger partial charge in [-0.15, -0.1) is 0 Å². The maximum absolute atomic E-state index is 8.22. The van der Waals surface area contributed by atoms with Crippen molar-refractivity contribution in [2.45, 2.75) is 0 Å². The number of fused-ring (bicyclic) bond motifs is 12. The van der Waals surface area contributed by atoms with E-state index >= 15 is 0 Å². The van der Waals surface area contributed by atoms with Crippen LogP contribution in [0.15, 0.2) is 474 Å². The summed E-state index contributed by atoms with van der Waals surface area (Å²) >= 11 is 0. The molecule has 122 heavy (non-hydrogen) atoms. The molecule has 0 aliphatic rings. The summed E-state index contributed by atoms with van der Waals surface area (Å²) < 4.78 is 58.6. The van der Waals surface area contributed by atoms with E-state index in [1.54, 1.807) is 12.1 Å². The van der Waals surface area contributed by atoms with Crippen LogP contribution in [-0.2, 0) is 0 Å². The molecule has 0 saturated carbocycles. The van der Waals surface area contributed by atoms with E-state index in [1.807, 2.05) is 72.8 Å². The molecule has 0 aliphatic carbocycles. The van der Waals surface area contributed by atoms with E-state index < -0.39 is 6.04 Å². The molecule has 0 saturated heterocycles. The van der Waals surface area contributed by atoms with Crippen LogP contribution < -0.4 is 16.0 Å². The summed E-state index contributed by atoms with van der Waals surface area (Å²) in [5.74, 6) is 0. The Morgan fingerprint density at radius 3 is 1.00 bits per heavy atom. The lowest BCUT2D eigenvalue weighted by molar-refractivity contribution is 0.668. The van der Waals surface area contributed by atoms with Gasteiger partial charge in [-0.25, -0.2) is 0 Å². The molecule has 6 nitrogen and oxygen atoms in total. The summed E-state index contributed by atoms with van der Waals surface area (Å²) in [5, 5.41) is 22.2. The number of rotatable bonds is 15. The Balaban J connectivity index is 0.000000116. The fraction of sp³-hybridized carbons (Fsp3) is 0. The molecule has 0 radical (unpaired) electrons. The summed E-state index contributed by atoms with van der Waals surface area (Å²) in [5.41, 5.74) is 31.1. The second-order valence-electron chi connectivity index (χ2n) is 30.5. The molecule has 0 atom stereocenters. The van der Waals surface area contributed by atoms with Crippen molar-refractivity contribution in [2.24, 2.45) is 0 Å². The topological polar surface area (TPSA) is 75.5 Å². The number of benzene rings is 20. The number of hydrogen-bond donors (Lipinski definition) is 3. The molecule has 6 heteroatoms. The zero-order valence-electron chi connectivity index (χ0n) is 71.2. The molecule has 0 unspecified atom stereocenters. The van der Waals surface area contributed by atoms with Gasteiger partial charge in [0.15, 0.2) is 0 Å². The van der Waals surface area contributed by atoms with Crippen LogP contribution in [0.5, 0.6) is 0 Å². The summed E-state index contributed by atoms with van der Waals surface area (Å²) in [6, 6.07) is 148. The second kappa shape index (κ2) is 32.7. The van der Waals surface area contributed by atoms with Crippen LogP contribution in [0.25, 0.3) is 188 Å². The predicted octanol–water partition coefficient (Wildman–Crippen LogP) is 33.3. The minimum atomic E-state index is -0.392. The third kappa shape index (κ3) is 15.2. The van der Waals surface area contributed by atoms with Crippen molar-refractivity contribution < 1.29 is 20.1 Å². The van der Waals surface area contributed by atoms with Gasteiger partial charge in [-0.05, 0) is 256 Å². The zero-order valence-corrected chi connectivity index (χ0v) is 66.2. The third-order valence-corrected chi connectivity index (χ3v) is 22.9. The number of para-hydroxylation sites is 3. The van der Waals surface area contributed by atoms with Crippen molar-refractivity contribution in [3.05, 3.63) is 461 Å². The van der Waals surface area contributed by atoms with Crippen LogP contribution in [0, 0.1) is 0 Å². The molecule has 20 aromatic carbocycles. The van der Waals surface area contributed by atoms with Gasteiger partial charge in [-0.3, -0.25) is 0 Å². The molecule has 3 aromatic heterocycles. The van der Waals surface area contributed by atoms with Crippen molar-refractivity contribution in [3.63, 3.8) is 0 Å². The van der Waals surface area contributed by atoms with E-state index in [0.717, 1.165) is 133 Å². The third-order valence-electron chi connectivity index (χ3n) is 22.9. The van der Waals surface area contributed by atoms with E-state index in [4.69, 9.17) is 20.1 Å². The highest BCUT2D eigenvalue weighted by atomic mass is 16.3. The van der Waals surface area contributed by atoms with Crippen molar-refractivity contribution in [2.75, 3.05) is 16.0 Å². The zero-order chi connectivity index (χ0) is 85.4. The molecule has 0 spiro atoms. The Morgan fingerprint density at radius 2 is 0.484 bits per heavy atom. The van der Waals surface area contributed by atoms with Gasteiger partial charge in [-0.2, -0.15) is 0 Å². The molecule has 23 rings (SSSR count). The quantitative estimate of drug-likeness (QED) is 0.0950. The smallest absolute Gasteiger partial charge is 0.143 e. The minimum absolute atomic E-state index is 0.196. The molecule has 3 heterocycles. The maximum Gasteiger partial charge on any atom is 0.143 e. The van der Waals surface area contributed by atoms with Crippen LogP contribution >= 0.6 is 0 Å². The Hall–Kier alpha value is -16.3. The summed E-state index contributed by atoms with van der Waals surface area (Å²) in [6.45, 7) is 0. The first-order valence-corrected chi connectivity index (χ1v) is 41.0. The van der Waals surface area contributed by atoms with Crippen molar-refractivity contribution in [3.8, 4) is 100 Å². The van der Waals surface area contributed by atoms with Gasteiger partial charge in [0.05, 0.1) is 6.85 Å². The minimum Gasteiger partial charge on any atom is -0.456 e. The summed E-state index contributed by atoms with van der Waals surface area (Å²) in [4.78, 5) is 0. The average molecular weight is 1570 g/mol. The molecule has 576 valence electrons. The summed E-state index contributed by atoms with van der Waals surface area (Å²) in [7, 11) is 0. The van der Waals surface area contributed by atoms with Gasteiger partial charge in [0.2, 0.25) is 0 Å². The molecule has 0 amide bonds. The highest BCUT2D eigenvalue weighted by molar-refractivity contribution is 6.19. The van der Waals surface area contributed by atoms with E-state index in [1.165, 1.54) is 77.4 Å². The van der Waals surface area contributed by atoms with E-state index in [9.17, 15) is 0 Å². The first-order chi connectivity index (χ1) is 62.4. The van der Waals surface area contributed by atoms with E-state index in [0.29, 0.717) is 5.56 Å². The van der Waals surface area contributed by atoms with Gasteiger partial charge in [0.1, 0.15) is 33.5 Å². The van der Waals surface area contributed by atoms with Crippen LogP contribution in [0.3, 0.4) is 0 Å². The van der Waals surface area contributed by atoms with Crippen LogP contribution in [0.4, 0.5) is 34.1 Å². The van der Waals surface area contributed by atoms with Crippen LogP contribution in [0.2, 0.25) is 0 Å². The number of anilines is 6. The van der Waals surface area contributed by atoms with E-state index in [2.05, 4.69) is 362 Å². The van der Waals surface area contributed by atoms with Gasteiger partial charge in [0, 0.05) is 71.8 Å². The lowest BCUT2D eigenvalue weighted by Gasteiger charge is -2.12.